The summed E-state index contributed by atoms with van der Waals surface area (Å²) in [5, 5.41) is 0. The fraction of sp³-hybridized carbons (Fsp3) is 1.00. The van der Waals surface area contributed by atoms with Crippen molar-refractivity contribution in [3.8, 4) is 0 Å². The fourth-order valence-corrected chi connectivity index (χ4v) is 3.92. The van der Waals surface area contributed by atoms with Gasteiger partial charge in [0.05, 0.1) is 0 Å². The molecular weight excluding hydrogens is 382 g/mol. The zero-order chi connectivity index (χ0) is 10.5. The van der Waals surface area contributed by atoms with Crippen molar-refractivity contribution in [3.63, 3.8) is 0 Å². The zero-order valence-corrected chi connectivity index (χ0v) is 14.3. The SMILES string of the molecule is CCC[CH2][Sn](=[O])[OH].CCC[CH2][Sn][OH]. The third-order valence-electron chi connectivity index (χ3n) is 1.39. The summed E-state index contributed by atoms with van der Waals surface area (Å²) in [5.74, 6) is 0. The molecule has 2 N–H and O–H groups in total. The van der Waals surface area contributed by atoms with Crippen LogP contribution in [-0.2, 0) is 3.08 Å². The molecule has 0 aromatic carbocycles. The summed E-state index contributed by atoms with van der Waals surface area (Å²) in [6.45, 7) is 4.17. The molecule has 0 saturated heterocycles. The van der Waals surface area contributed by atoms with Gasteiger partial charge in [0.2, 0.25) is 0 Å². The van der Waals surface area contributed by atoms with Gasteiger partial charge in [-0.05, 0) is 0 Å². The van der Waals surface area contributed by atoms with Gasteiger partial charge in [0.15, 0.2) is 0 Å². The van der Waals surface area contributed by atoms with E-state index in [1.54, 1.807) is 0 Å². The first-order valence-electron chi connectivity index (χ1n) is 4.77. The molecule has 0 spiro atoms. The van der Waals surface area contributed by atoms with Crippen molar-refractivity contribution in [3.05, 3.63) is 0 Å². The van der Waals surface area contributed by atoms with Gasteiger partial charge in [0.25, 0.3) is 0 Å². The molecule has 0 fully saturated rings. The molecule has 0 amide bonds. The van der Waals surface area contributed by atoms with E-state index in [9.17, 15) is 3.08 Å². The van der Waals surface area contributed by atoms with E-state index in [2.05, 4.69) is 6.92 Å². The molecule has 2 radical (unpaired) electrons. The molecule has 0 aliphatic heterocycles. The molecule has 5 heteroatoms. The maximum absolute atomic E-state index is 10.0. The van der Waals surface area contributed by atoms with Gasteiger partial charge in [0, 0.05) is 0 Å². The zero-order valence-electron chi connectivity index (χ0n) is 8.55. The van der Waals surface area contributed by atoms with Crippen LogP contribution < -0.4 is 0 Å². The van der Waals surface area contributed by atoms with E-state index in [1.807, 2.05) is 6.92 Å². The normalized spacial score (nSPS) is 8.92. The number of hydrogen-bond donors (Lipinski definition) is 2. The predicted molar refractivity (Wildman–Crippen MR) is 56.1 cm³/mol. The minimum absolute atomic E-state index is 0.596. The van der Waals surface area contributed by atoms with Crippen molar-refractivity contribution in [2.24, 2.45) is 0 Å². The molecule has 0 heterocycles. The fourth-order valence-electron chi connectivity index (χ4n) is 0.584. The van der Waals surface area contributed by atoms with E-state index in [-0.39, 0.29) is 0 Å². The van der Waals surface area contributed by atoms with Crippen LogP contribution in [0.2, 0.25) is 8.87 Å². The number of unbranched alkanes of at least 4 members (excludes halogenated alkanes) is 2. The van der Waals surface area contributed by atoms with Crippen LogP contribution in [-0.4, -0.2) is 48.6 Å². The van der Waals surface area contributed by atoms with Crippen LogP contribution in [0.4, 0.5) is 0 Å². The first-order chi connectivity index (χ1) is 6.18. The minimum atomic E-state index is -2.89. The molecule has 0 unspecified atom stereocenters. The van der Waals surface area contributed by atoms with Gasteiger partial charge in [-0.3, -0.25) is 0 Å². The van der Waals surface area contributed by atoms with Crippen molar-refractivity contribution >= 4 is 41.7 Å². The van der Waals surface area contributed by atoms with Gasteiger partial charge in [-0.25, -0.2) is 0 Å². The molecular formula is C8H20O3Sn2. The summed E-state index contributed by atoms with van der Waals surface area (Å²) in [6.07, 6.45) is 4.44. The first-order valence-corrected chi connectivity index (χ1v) is 12.5. The van der Waals surface area contributed by atoms with Crippen LogP contribution in [0.1, 0.15) is 39.5 Å². The Labute approximate surface area is 99.4 Å². The Morgan fingerprint density at radius 1 is 1.23 bits per heavy atom. The van der Waals surface area contributed by atoms with Crippen molar-refractivity contribution < 1.29 is 9.96 Å². The van der Waals surface area contributed by atoms with Gasteiger partial charge in [-0.15, -0.1) is 0 Å². The Morgan fingerprint density at radius 3 is 1.92 bits per heavy atom. The summed E-state index contributed by atoms with van der Waals surface area (Å²) >= 11 is -3.70. The third-order valence-corrected chi connectivity index (χ3v) is 5.26. The molecule has 3 nitrogen and oxygen atoms in total. The van der Waals surface area contributed by atoms with Crippen LogP contribution in [0, 0.1) is 0 Å². The van der Waals surface area contributed by atoms with Crippen molar-refractivity contribution in [2.45, 2.75) is 48.4 Å². The van der Waals surface area contributed by atoms with E-state index in [4.69, 9.17) is 6.89 Å². The summed E-state index contributed by atoms with van der Waals surface area (Å²) in [7, 11) is 0. The summed E-state index contributed by atoms with van der Waals surface area (Å²) < 4.78 is 28.5. The number of rotatable bonds is 6. The molecule has 0 atom stereocenters. The van der Waals surface area contributed by atoms with Gasteiger partial charge in [0.1, 0.15) is 0 Å². The summed E-state index contributed by atoms with van der Waals surface area (Å²) in [5.41, 5.74) is 0. The monoisotopic (exact) mass is 404 g/mol. The molecule has 0 bridgehead atoms. The third kappa shape index (κ3) is 24.7. The Morgan fingerprint density at radius 2 is 1.77 bits per heavy atom. The van der Waals surface area contributed by atoms with E-state index in [0.717, 1.165) is 17.3 Å². The second kappa shape index (κ2) is 15.8. The summed E-state index contributed by atoms with van der Waals surface area (Å²) in [6, 6.07) is 0. The van der Waals surface area contributed by atoms with Gasteiger partial charge < -0.3 is 0 Å². The second-order valence-corrected chi connectivity index (χ2v) is 8.76. The van der Waals surface area contributed by atoms with Gasteiger partial charge in [-0.2, -0.15) is 0 Å². The Bertz CT molecular complexity index is 106. The molecule has 0 aliphatic rings. The molecule has 0 rings (SSSR count). The van der Waals surface area contributed by atoms with Crippen LogP contribution in [0.3, 0.4) is 0 Å². The topological polar surface area (TPSA) is 57.5 Å². The van der Waals surface area contributed by atoms with Gasteiger partial charge in [-0.1, -0.05) is 0 Å². The molecule has 78 valence electrons. The Balaban J connectivity index is 0. The van der Waals surface area contributed by atoms with Crippen LogP contribution >= 0.6 is 0 Å². The van der Waals surface area contributed by atoms with Crippen molar-refractivity contribution in [1.29, 1.82) is 0 Å². The molecule has 13 heavy (non-hydrogen) atoms. The average Bonchev–Trinajstić information content (AvgIpc) is 2.12. The van der Waals surface area contributed by atoms with E-state index in [0.29, 0.717) is 4.44 Å². The van der Waals surface area contributed by atoms with E-state index < -0.39 is 41.7 Å². The Kier molecular flexibility index (Phi) is 20.3. The number of hydrogen-bond acceptors (Lipinski definition) is 2. The standard InChI is InChI=1S/2C4H9.2H2O.O.2Sn/c2*1-3-4-2;;;;;/h2*1,3-4H2,2H3;2*1H2;;;/q;;;;;2*+1/p-2. The van der Waals surface area contributed by atoms with Crippen molar-refractivity contribution in [2.75, 3.05) is 0 Å². The molecule has 0 aromatic heterocycles. The average molecular weight is 402 g/mol. The molecule has 0 aliphatic carbocycles. The van der Waals surface area contributed by atoms with Crippen LogP contribution in [0.25, 0.3) is 0 Å². The van der Waals surface area contributed by atoms with E-state index >= 15 is 0 Å². The van der Waals surface area contributed by atoms with Gasteiger partial charge >= 0.3 is 100 Å². The van der Waals surface area contributed by atoms with Crippen LogP contribution in [0.5, 0.6) is 0 Å². The maximum atomic E-state index is 10.0. The quantitative estimate of drug-likeness (QED) is 0.524. The first kappa shape index (κ1) is 16.7. The predicted octanol–water partition coefficient (Wildman–Crippen LogP) is 1.51. The molecule has 0 aromatic rings. The van der Waals surface area contributed by atoms with Crippen molar-refractivity contribution in [1.82, 2.24) is 0 Å². The van der Waals surface area contributed by atoms with Crippen LogP contribution in [0.15, 0.2) is 0 Å². The Hall–Kier alpha value is 1.32. The second-order valence-electron chi connectivity index (χ2n) is 2.76. The van der Waals surface area contributed by atoms with E-state index in [1.165, 1.54) is 12.8 Å². The summed E-state index contributed by atoms with van der Waals surface area (Å²) in [4.78, 5) is 0. The molecule has 0 saturated carbocycles.